The normalized spacial score (nSPS) is 17.6. The predicted octanol–water partition coefficient (Wildman–Crippen LogP) is 9.06. The summed E-state index contributed by atoms with van der Waals surface area (Å²) in [6.45, 7) is 12.4. The van der Waals surface area contributed by atoms with Gasteiger partial charge in [-0.2, -0.15) is 0 Å². The summed E-state index contributed by atoms with van der Waals surface area (Å²) in [5.41, 5.74) is 5.97. The average molecular weight is 521 g/mol. The van der Waals surface area contributed by atoms with Crippen LogP contribution >= 0.6 is 0 Å². The molecular formula is C34H52N2O2. The van der Waals surface area contributed by atoms with Crippen LogP contribution in [0.4, 0.5) is 0 Å². The van der Waals surface area contributed by atoms with Crippen molar-refractivity contribution in [3.05, 3.63) is 57.6 Å². The van der Waals surface area contributed by atoms with Crippen molar-refractivity contribution < 1.29 is 10.2 Å². The molecule has 2 aromatic carbocycles. The van der Waals surface area contributed by atoms with Gasteiger partial charge in [-0.1, -0.05) is 78.4 Å². The second-order valence-electron chi connectivity index (χ2n) is 10.6. The van der Waals surface area contributed by atoms with Gasteiger partial charge in [0.05, 0.1) is 12.1 Å². The lowest BCUT2D eigenvalue weighted by Gasteiger charge is -2.25. The molecule has 1 aliphatic carbocycles. The Bertz CT molecular complexity index is 958. The van der Waals surface area contributed by atoms with E-state index in [-0.39, 0.29) is 12.1 Å². The molecule has 38 heavy (non-hydrogen) atoms. The molecule has 0 amide bonds. The third-order valence-corrected chi connectivity index (χ3v) is 7.42. The lowest BCUT2D eigenvalue weighted by atomic mass is 9.91. The van der Waals surface area contributed by atoms with Gasteiger partial charge < -0.3 is 10.2 Å². The molecule has 2 unspecified atom stereocenters. The molecule has 2 atom stereocenters. The molecule has 0 radical (unpaired) electrons. The topological polar surface area (TPSA) is 65.2 Å². The quantitative estimate of drug-likeness (QED) is 0.216. The van der Waals surface area contributed by atoms with E-state index < -0.39 is 0 Å². The summed E-state index contributed by atoms with van der Waals surface area (Å²) in [4.78, 5) is 9.87. The molecule has 210 valence electrons. The van der Waals surface area contributed by atoms with E-state index in [1.807, 2.05) is 40.1 Å². The number of unbranched alkanes of at least 4 members (excludes halogenated alkanes) is 4. The molecule has 2 aromatic rings. The van der Waals surface area contributed by atoms with Crippen molar-refractivity contribution in [2.24, 2.45) is 9.98 Å². The molecule has 0 bridgehead atoms. The highest BCUT2D eigenvalue weighted by Crippen LogP contribution is 2.28. The van der Waals surface area contributed by atoms with Crippen LogP contribution in [0.3, 0.4) is 0 Å². The first kappa shape index (κ1) is 31.6. The molecule has 0 aromatic heterocycles. The first-order valence-electron chi connectivity index (χ1n) is 15.1. The summed E-state index contributed by atoms with van der Waals surface area (Å²) >= 11 is 0. The standard InChI is InChI=1S/C32H46N2O2.C2H6/c1-5-7-9-13-25-17-23(3)31(35)27(19-25)21-33-29-15-11-12-16-30(29)34-22-28-20-26(14-10-8-6-2)18-24(4)32(28)36;1-2/h17-22,29-30,35-36H,5-16H2,1-4H3;1-2H3. The first-order chi connectivity index (χ1) is 18.4. The summed E-state index contributed by atoms with van der Waals surface area (Å²) in [6.07, 6.45) is 17.3. The van der Waals surface area contributed by atoms with Crippen LogP contribution in [0.2, 0.25) is 0 Å². The molecule has 1 fully saturated rings. The van der Waals surface area contributed by atoms with Crippen molar-refractivity contribution >= 4 is 12.4 Å². The number of hydrogen-bond acceptors (Lipinski definition) is 4. The molecule has 2 N–H and O–H groups in total. The third-order valence-electron chi connectivity index (χ3n) is 7.42. The number of rotatable bonds is 12. The van der Waals surface area contributed by atoms with Gasteiger partial charge in [-0.3, -0.25) is 9.98 Å². The summed E-state index contributed by atoms with van der Waals surface area (Å²) in [5, 5.41) is 21.3. The summed E-state index contributed by atoms with van der Waals surface area (Å²) in [5.74, 6) is 0.656. The van der Waals surface area contributed by atoms with E-state index in [1.165, 1.54) is 49.7 Å². The molecule has 1 aliphatic rings. The van der Waals surface area contributed by atoms with Gasteiger partial charge in [0.1, 0.15) is 11.5 Å². The zero-order valence-electron chi connectivity index (χ0n) is 24.9. The highest BCUT2D eigenvalue weighted by Gasteiger charge is 2.23. The third kappa shape index (κ3) is 9.60. The van der Waals surface area contributed by atoms with Gasteiger partial charge in [0, 0.05) is 23.6 Å². The van der Waals surface area contributed by atoms with Gasteiger partial charge in [-0.15, -0.1) is 0 Å². The number of aromatic hydroxyl groups is 2. The number of nitrogens with zero attached hydrogens (tertiary/aromatic N) is 2. The number of aryl methyl sites for hydroxylation is 4. The van der Waals surface area contributed by atoms with Gasteiger partial charge in [0.2, 0.25) is 0 Å². The van der Waals surface area contributed by atoms with Crippen molar-refractivity contribution in [1.82, 2.24) is 0 Å². The maximum atomic E-state index is 10.7. The minimum Gasteiger partial charge on any atom is -0.507 e. The Morgan fingerprint density at radius 3 is 1.45 bits per heavy atom. The van der Waals surface area contributed by atoms with Crippen molar-refractivity contribution in [3.63, 3.8) is 0 Å². The van der Waals surface area contributed by atoms with Gasteiger partial charge in [-0.05, 0) is 86.8 Å². The monoisotopic (exact) mass is 520 g/mol. The summed E-state index contributed by atoms with van der Waals surface area (Å²) < 4.78 is 0. The Morgan fingerprint density at radius 1 is 0.684 bits per heavy atom. The van der Waals surface area contributed by atoms with Crippen LogP contribution in [0.25, 0.3) is 0 Å². The van der Waals surface area contributed by atoms with E-state index in [4.69, 9.17) is 9.98 Å². The Kier molecular flexibility index (Phi) is 14.2. The second kappa shape index (κ2) is 17.1. The van der Waals surface area contributed by atoms with E-state index in [0.717, 1.165) is 60.8 Å². The Morgan fingerprint density at radius 2 is 1.08 bits per heavy atom. The van der Waals surface area contributed by atoms with Crippen LogP contribution in [0.1, 0.15) is 125 Å². The number of aliphatic imine (C=N–C) groups is 2. The molecule has 0 spiro atoms. The maximum absolute atomic E-state index is 10.7. The van der Waals surface area contributed by atoms with Crippen molar-refractivity contribution in [2.75, 3.05) is 0 Å². The maximum Gasteiger partial charge on any atom is 0.127 e. The Hall–Kier alpha value is -2.62. The van der Waals surface area contributed by atoms with E-state index in [9.17, 15) is 10.2 Å². The SMILES string of the molecule is CC.CCCCCc1cc(C)c(O)c(C=NC2CCCCC2N=Cc2cc(CCCCC)cc(C)c2O)c1. The fraction of sp³-hybridized carbons (Fsp3) is 0.588. The smallest absolute Gasteiger partial charge is 0.127 e. The van der Waals surface area contributed by atoms with Crippen molar-refractivity contribution in [2.45, 2.75) is 131 Å². The molecule has 0 aliphatic heterocycles. The van der Waals surface area contributed by atoms with Crippen LogP contribution in [-0.2, 0) is 12.8 Å². The molecule has 0 saturated heterocycles. The second-order valence-corrected chi connectivity index (χ2v) is 10.6. The predicted molar refractivity (Wildman–Crippen MR) is 165 cm³/mol. The lowest BCUT2D eigenvalue weighted by Crippen LogP contribution is -2.27. The van der Waals surface area contributed by atoms with Gasteiger partial charge in [0.15, 0.2) is 0 Å². The van der Waals surface area contributed by atoms with Crippen LogP contribution < -0.4 is 0 Å². The minimum atomic E-state index is 0.0921. The molecule has 1 saturated carbocycles. The van der Waals surface area contributed by atoms with Crippen LogP contribution in [0.15, 0.2) is 34.3 Å². The van der Waals surface area contributed by atoms with E-state index in [0.29, 0.717) is 11.5 Å². The number of benzene rings is 2. The molecule has 4 heteroatoms. The Balaban J connectivity index is 0.00000247. The van der Waals surface area contributed by atoms with E-state index in [1.54, 1.807) is 0 Å². The average Bonchev–Trinajstić information content (AvgIpc) is 2.92. The van der Waals surface area contributed by atoms with Crippen molar-refractivity contribution in [1.29, 1.82) is 0 Å². The van der Waals surface area contributed by atoms with Crippen LogP contribution in [0.5, 0.6) is 11.5 Å². The molecular weight excluding hydrogens is 468 g/mol. The fourth-order valence-corrected chi connectivity index (χ4v) is 5.20. The largest absolute Gasteiger partial charge is 0.507 e. The summed E-state index contributed by atoms with van der Waals surface area (Å²) in [7, 11) is 0. The number of phenolic OH excluding ortho intramolecular Hbond substituents is 2. The summed E-state index contributed by atoms with van der Waals surface area (Å²) in [6, 6.07) is 8.56. The van der Waals surface area contributed by atoms with Gasteiger partial charge in [-0.25, -0.2) is 0 Å². The first-order valence-corrected chi connectivity index (χ1v) is 15.1. The molecule has 4 nitrogen and oxygen atoms in total. The molecule has 0 heterocycles. The minimum absolute atomic E-state index is 0.0921. The fourth-order valence-electron chi connectivity index (χ4n) is 5.20. The van der Waals surface area contributed by atoms with Crippen LogP contribution in [0, 0.1) is 13.8 Å². The van der Waals surface area contributed by atoms with E-state index >= 15 is 0 Å². The lowest BCUT2D eigenvalue weighted by molar-refractivity contribution is 0.390. The zero-order valence-corrected chi connectivity index (χ0v) is 24.9. The van der Waals surface area contributed by atoms with E-state index in [2.05, 4.69) is 38.1 Å². The van der Waals surface area contributed by atoms with Gasteiger partial charge >= 0.3 is 0 Å². The van der Waals surface area contributed by atoms with Crippen LogP contribution in [-0.4, -0.2) is 34.7 Å². The van der Waals surface area contributed by atoms with Gasteiger partial charge in [0.25, 0.3) is 0 Å². The number of hydrogen-bond donors (Lipinski definition) is 2. The number of phenols is 2. The molecule has 3 rings (SSSR count). The highest BCUT2D eigenvalue weighted by atomic mass is 16.3. The highest BCUT2D eigenvalue weighted by molar-refractivity contribution is 5.85. The van der Waals surface area contributed by atoms with Crippen molar-refractivity contribution in [3.8, 4) is 11.5 Å². The Labute approximate surface area is 232 Å². The zero-order chi connectivity index (χ0) is 27.9.